The van der Waals surface area contributed by atoms with Gasteiger partial charge in [0.2, 0.25) is 0 Å². The Labute approximate surface area is 142 Å². The van der Waals surface area contributed by atoms with Crippen molar-refractivity contribution in [2.75, 3.05) is 13.6 Å². The number of hydrogen-bond donors (Lipinski definition) is 1. The molecule has 0 radical (unpaired) electrons. The Morgan fingerprint density at radius 3 is 2.74 bits per heavy atom. The van der Waals surface area contributed by atoms with Gasteiger partial charge >= 0.3 is 0 Å². The number of amidine groups is 1. The van der Waals surface area contributed by atoms with Gasteiger partial charge in [0.05, 0.1) is 6.54 Å². The average Bonchev–Trinajstić information content (AvgIpc) is 2.53. The smallest absolute Gasteiger partial charge is 0.117 e. The van der Waals surface area contributed by atoms with E-state index in [0.717, 1.165) is 10.6 Å². The second kappa shape index (κ2) is 5.85. The van der Waals surface area contributed by atoms with Crippen LogP contribution in [0.3, 0.4) is 0 Å². The monoisotopic (exact) mass is 327 g/mol. The average molecular weight is 327 g/mol. The first-order valence-corrected chi connectivity index (χ1v) is 8.08. The molecule has 2 aliphatic rings. The van der Waals surface area contributed by atoms with Crippen molar-refractivity contribution in [1.29, 1.82) is 0 Å². The van der Waals surface area contributed by atoms with Crippen LogP contribution >= 0.6 is 12.2 Å². The van der Waals surface area contributed by atoms with Gasteiger partial charge in [-0.1, -0.05) is 37.4 Å². The fourth-order valence-corrected chi connectivity index (χ4v) is 3.82. The van der Waals surface area contributed by atoms with Crippen LogP contribution in [0.1, 0.15) is 19.4 Å². The molecule has 1 unspecified atom stereocenters. The van der Waals surface area contributed by atoms with Crippen LogP contribution < -0.4 is 5.73 Å². The maximum Gasteiger partial charge on any atom is 0.117 e. The summed E-state index contributed by atoms with van der Waals surface area (Å²) in [4.78, 5) is 15.9. The van der Waals surface area contributed by atoms with Crippen LogP contribution in [0.15, 0.2) is 41.9 Å². The molecule has 0 saturated heterocycles. The van der Waals surface area contributed by atoms with Gasteiger partial charge in [-0.2, -0.15) is 0 Å². The molecule has 1 aliphatic heterocycles. The Hall–Kier alpha value is -2.08. The lowest BCUT2D eigenvalue weighted by atomic mass is 9.70. The number of nitrogens with two attached hydrogens (primary N) is 1. The molecule has 5 nitrogen and oxygen atoms in total. The summed E-state index contributed by atoms with van der Waals surface area (Å²) >= 11 is 5.69. The molecular formula is C17H21N5S. The van der Waals surface area contributed by atoms with Crippen molar-refractivity contribution in [2.24, 2.45) is 22.6 Å². The number of aromatic nitrogens is 2. The Bertz CT molecular complexity index is 709. The quantitative estimate of drug-likeness (QED) is 0.842. The van der Waals surface area contributed by atoms with E-state index >= 15 is 0 Å². The van der Waals surface area contributed by atoms with Crippen LogP contribution in [0.25, 0.3) is 5.57 Å². The molecule has 1 aromatic rings. The van der Waals surface area contributed by atoms with Crippen molar-refractivity contribution in [3.8, 4) is 0 Å². The zero-order valence-corrected chi connectivity index (χ0v) is 14.4. The molecule has 3 atom stereocenters. The van der Waals surface area contributed by atoms with Gasteiger partial charge < -0.3 is 10.6 Å². The van der Waals surface area contributed by atoms with E-state index in [1.54, 1.807) is 6.33 Å². The minimum Gasteiger partial charge on any atom is -0.386 e. The van der Waals surface area contributed by atoms with E-state index in [4.69, 9.17) is 22.9 Å². The number of hydrogen-bond acceptors (Lipinski definition) is 5. The van der Waals surface area contributed by atoms with Gasteiger partial charge in [-0.3, -0.25) is 4.99 Å². The first kappa shape index (κ1) is 15.8. The van der Waals surface area contributed by atoms with Crippen molar-refractivity contribution < 1.29 is 0 Å². The van der Waals surface area contributed by atoms with Gasteiger partial charge in [-0.25, -0.2) is 9.97 Å². The van der Waals surface area contributed by atoms with E-state index in [1.807, 2.05) is 24.3 Å². The van der Waals surface area contributed by atoms with E-state index in [-0.39, 0.29) is 11.8 Å². The summed E-state index contributed by atoms with van der Waals surface area (Å²) in [5.74, 6) is 0.997. The van der Waals surface area contributed by atoms with Crippen LogP contribution in [-0.4, -0.2) is 44.8 Å². The largest absolute Gasteiger partial charge is 0.386 e. The summed E-state index contributed by atoms with van der Waals surface area (Å²) in [6, 6.07) is 0. The number of thiocarbonyl (C=S) groups is 1. The standard InChI is InChI=1S/C17H21N5S/c1-11-13(12-7-19-10-20-8-12)5-4-6-14(11)17(2)16(23)22(3)9-15(18)21-17/h4-8,10-11,14H,9H2,1-3H3,(H2,18,21)/t11-,14?,17+/m0/s1. The normalized spacial score (nSPS) is 30.9. The number of likely N-dealkylation sites (N-methyl/N-ethyl adjacent to an activating group) is 1. The molecule has 0 aromatic carbocycles. The maximum absolute atomic E-state index is 6.05. The number of nitrogens with zero attached hydrogens (tertiary/aromatic N) is 4. The molecule has 1 aromatic heterocycles. The first-order valence-electron chi connectivity index (χ1n) is 7.67. The summed E-state index contributed by atoms with van der Waals surface area (Å²) < 4.78 is 0. The van der Waals surface area contributed by atoms with E-state index in [9.17, 15) is 0 Å². The summed E-state index contributed by atoms with van der Waals surface area (Å²) in [6.07, 6.45) is 11.6. The van der Waals surface area contributed by atoms with Crippen LogP contribution in [0.5, 0.6) is 0 Å². The second-order valence-electron chi connectivity index (χ2n) is 6.36. The Balaban J connectivity index is 1.99. The van der Waals surface area contributed by atoms with Crippen LogP contribution in [0.2, 0.25) is 0 Å². The van der Waals surface area contributed by atoms with Gasteiger partial charge in [0, 0.05) is 30.9 Å². The predicted molar refractivity (Wildman–Crippen MR) is 97.1 cm³/mol. The minimum absolute atomic E-state index is 0.136. The molecule has 2 N–H and O–H groups in total. The molecule has 0 fully saturated rings. The van der Waals surface area contributed by atoms with Crippen molar-refractivity contribution >= 4 is 28.6 Å². The topological polar surface area (TPSA) is 67.4 Å². The van der Waals surface area contributed by atoms with Crippen molar-refractivity contribution in [3.05, 3.63) is 42.5 Å². The van der Waals surface area contributed by atoms with E-state index in [0.29, 0.717) is 12.4 Å². The zero-order chi connectivity index (χ0) is 16.6. The Morgan fingerprint density at radius 1 is 1.35 bits per heavy atom. The highest BCUT2D eigenvalue weighted by Crippen LogP contribution is 2.42. The maximum atomic E-state index is 6.05. The molecule has 0 saturated carbocycles. The van der Waals surface area contributed by atoms with Gasteiger partial charge in [0.1, 0.15) is 22.7 Å². The molecule has 23 heavy (non-hydrogen) atoms. The SMILES string of the molecule is C[C@H]1C(c2cncnc2)=CC=CC1[C@@]1(C)N=C(N)CN(C)C1=S. The Morgan fingerprint density at radius 2 is 2.04 bits per heavy atom. The van der Waals surface area contributed by atoms with Crippen molar-refractivity contribution in [2.45, 2.75) is 19.4 Å². The highest BCUT2D eigenvalue weighted by molar-refractivity contribution is 7.80. The fraction of sp³-hybridized carbons (Fsp3) is 0.412. The highest BCUT2D eigenvalue weighted by atomic mass is 32.1. The molecular weight excluding hydrogens is 306 g/mol. The van der Waals surface area contributed by atoms with Gasteiger partial charge in [0.25, 0.3) is 0 Å². The lowest BCUT2D eigenvalue weighted by Crippen LogP contribution is -2.56. The molecule has 120 valence electrons. The fourth-order valence-electron chi connectivity index (χ4n) is 3.57. The Kier molecular flexibility index (Phi) is 4.02. The van der Waals surface area contributed by atoms with Crippen LogP contribution in [-0.2, 0) is 0 Å². The van der Waals surface area contributed by atoms with Crippen molar-refractivity contribution in [3.63, 3.8) is 0 Å². The predicted octanol–water partition coefficient (Wildman–Crippen LogP) is 2.07. The summed E-state index contributed by atoms with van der Waals surface area (Å²) in [7, 11) is 1.97. The number of allylic oxidation sites excluding steroid dienone is 3. The zero-order valence-electron chi connectivity index (χ0n) is 13.6. The van der Waals surface area contributed by atoms with E-state index < -0.39 is 5.54 Å². The molecule has 6 heteroatoms. The third kappa shape index (κ3) is 2.67. The summed E-state index contributed by atoms with van der Waals surface area (Å²) in [5, 5.41) is 0. The first-order chi connectivity index (χ1) is 10.9. The lowest BCUT2D eigenvalue weighted by Gasteiger charge is -2.44. The van der Waals surface area contributed by atoms with E-state index in [2.05, 4.69) is 42.0 Å². The van der Waals surface area contributed by atoms with Gasteiger partial charge in [0.15, 0.2) is 0 Å². The summed E-state index contributed by atoms with van der Waals surface area (Å²) in [5.41, 5.74) is 7.77. The summed E-state index contributed by atoms with van der Waals surface area (Å²) in [6.45, 7) is 4.86. The van der Waals surface area contributed by atoms with Crippen LogP contribution in [0, 0.1) is 11.8 Å². The van der Waals surface area contributed by atoms with Gasteiger partial charge in [-0.05, 0) is 18.4 Å². The second-order valence-corrected chi connectivity index (χ2v) is 6.75. The minimum atomic E-state index is -0.516. The molecule has 1 aliphatic carbocycles. The third-order valence-corrected chi connectivity index (χ3v) is 5.45. The molecule has 0 bridgehead atoms. The van der Waals surface area contributed by atoms with Crippen molar-refractivity contribution in [1.82, 2.24) is 14.9 Å². The van der Waals surface area contributed by atoms with Gasteiger partial charge in [-0.15, -0.1) is 0 Å². The molecule has 0 amide bonds. The van der Waals surface area contributed by atoms with Crippen LogP contribution in [0.4, 0.5) is 0 Å². The third-order valence-electron chi connectivity index (χ3n) is 4.72. The van der Waals surface area contributed by atoms with E-state index in [1.165, 1.54) is 5.57 Å². The molecule has 0 spiro atoms. The number of rotatable bonds is 2. The lowest BCUT2D eigenvalue weighted by molar-refractivity contribution is 0.351. The number of aliphatic imine (C=N–C) groups is 1. The molecule has 3 rings (SSSR count). The highest BCUT2D eigenvalue weighted by Gasteiger charge is 2.45. The molecule has 2 heterocycles.